The fourth-order valence-corrected chi connectivity index (χ4v) is 8.30. The van der Waals surface area contributed by atoms with Crippen molar-refractivity contribution in [2.75, 3.05) is 13.2 Å². The zero-order valence-electron chi connectivity index (χ0n) is 22.4. The number of ketones is 1. The molecule has 0 aliphatic heterocycles. The van der Waals surface area contributed by atoms with E-state index in [1.165, 1.54) is 6.42 Å². The van der Waals surface area contributed by atoms with E-state index in [1.807, 2.05) is 38.2 Å². The maximum Gasteiger partial charge on any atom is 0.332 e. The first-order valence-electron chi connectivity index (χ1n) is 13.8. The third kappa shape index (κ3) is 3.98. The van der Waals surface area contributed by atoms with Crippen molar-refractivity contribution in [2.24, 2.45) is 52.3 Å². The number of carbonyl (C=O) groups excluding carboxylic acids is 2. The summed E-state index contributed by atoms with van der Waals surface area (Å²) in [6.07, 6.45) is 16.1. The van der Waals surface area contributed by atoms with Crippen LogP contribution in [0.3, 0.4) is 0 Å². The molecular weight excluding hydrogens is 452 g/mol. The van der Waals surface area contributed by atoms with Gasteiger partial charge >= 0.3 is 5.97 Å². The molecule has 4 fully saturated rings. The zero-order valence-corrected chi connectivity index (χ0v) is 22.4. The standard InChI is InChI=1S/C31H42O5/c1-18(2)36-26(34)17-35-14-7-6-9-20-11-12-24(32)21(20)16-30(4,5)25(33)10-8-13-31-22-15-23(31)28-19(3)27(22)29(28)31/h6-8,11-13,16,18-20,22-23,25,27-29,33H,9-10,14-15,17H2,1-5H3/b7-6-,13-8-,21-16+. The van der Waals surface area contributed by atoms with Crippen molar-refractivity contribution in [1.82, 2.24) is 0 Å². The Kier molecular flexibility index (Phi) is 6.70. The lowest BCUT2D eigenvalue weighted by molar-refractivity contribution is -0.445. The van der Waals surface area contributed by atoms with Crippen LogP contribution >= 0.6 is 0 Å². The number of hydrogen-bond donors (Lipinski definition) is 1. The van der Waals surface area contributed by atoms with Crippen LogP contribution in [0.2, 0.25) is 0 Å². The number of aliphatic hydroxyl groups excluding tert-OH is 1. The average molecular weight is 495 g/mol. The molecule has 1 N–H and O–H groups in total. The van der Waals surface area contributed by atoms with E-state index >= 15 is 0 Å². The second-order valence-corrected chi connectivity index (χ2v) is 12.7. The number of carbonyl (C=O) groups is 2. The van der Waals surface area contributed by atoms with Crippen LogP contribution in [-0.2, 0) is 19.1 Å². The normalized spacial score (nSPS) is 39.7. The Hall–Kier alpha value is -1.98. The molecule has 0 saturated heterocycles. The molecule has 5 aliphatic carbocycles. The molecule has 5 heteroatoms. The summed E-state index contributed by atoms with van der Waals surface area (Å²) < 4.78 is 10.4. The Morgan fingerprint density at radius 3 is 2.61 bits per heavy atom. The molecule has 0 heterocycles. The maximum atomic E-state index is 12.6. The monoisotopic (exact) mass is 494 g/mol. The number of fused-ring (bicyclic) bond motifs is 2. The number of aliphatic hydroxyl groups is 1. The van der Waals surface area contributed by atoms with Crippen molar-refractivity contribution in [3.8, 4) is 0 Å². The van der Waals surface area contributed by atoms with E-state index in [-0.39, 0.29) is 30.4 Å². The smallest absolute Gasteiger partial charge is 0.332 e. The van der Waals surface area contributed by atoms with Gasteiger partial charge in [-0.3, -0.25) is 4.79 Å². The second-order valence-electron chi connectivity index (χ2n) is 12.7. The quantitative estimate of drug-likeness (QED) is 0.178. The van der Waals surface area contributed by atoms with Gasteiger partial charge in [0.1, 0.15) is 6.61 Å². The lowest BCUT2D eigenvalue weighted by atomic mass is 9.11. The van der Waals surface area contributed by atoms with E-state index in [9.17, 15) is 14.7 Å². The van der Waals surface area contributed by atoms with Gasteiger partial charge in [0.25, 0.3) is 0 Å². The highest BCUT2D eigenvalue weighted by molar-refractivity contribution is 6.07. The lowest BCUT2D eigenvalue weighted by Crippen LogP contribution is -2.89. The van der Waals surface area contributed by atoms with E-state index in [2.05, 4.69) is 19.1 Å². The third-order valence-electron chi connectivity index (χ3n) is 10.0. The molecular formula is C31H42O5. The summed E-state index contributed by atoms with van der Waals surface area (Å²) in [5.74, 6) is 5.32. The number of rotatable bonds is 12. The van der Waals surface area contributed by atoms with Crippen LogP contribution in [0.15, 0.2) is 48.1 Å². The van der Waals surface area contributed by atoms with Gasteiger partial charge in [-0.15, -0.1) is 0 Å². The van der Waals surface area contributed by atoms with Crippen molar-refractivity contribution in [1.29, 1.82) is 0 Å². The van der Waals surface area contributed by atoms with Gasteiger partial charge in [0, 0.05) is 16.9 Å². The molecule has 0 amide bonds. The van der Waals surface area contributed by atoms with Gasteiger partial charge in [0.15, 0.2) is 5.78 Å². The minimum atomic E-state index is -0.537. The molecule has 4 saturated carbocycles. The second kappa shape index (κ2) is 9.40. The number of allylic oxidation sites excluding steroid dienone is 5. The molecule has 36 heavy (non-hydrogen) atoms. The van der Waals surface area contributed by atoms with Crippen molar-refractivity contribution in [2.45, 2.75) is 66.1 Å². The van der Waals surface area contributed by atoms with Crippen LogP contribution in [0.1, 0.15) is 53.9 Å². The van der Waals surface area contributed by atoms with Crippen LogP contribution < -0.4 is 0 Å². The summed E-state index contributed by atoms with van der Waals surface area (Å²) in [7, 11) is 0. The Balaban J connectivity index is 1.10. The summed E-state index contributed by atoms with van der Waals surface area (Å²) >= 11 is 0. The first-order valence-corrected chi connectivity index (χ1v) is 13.8. The van der Waals surface area contributed by atoms with Gasteiger partial charge in [-0.25, -0.2) is 4.79 Å². The van der Waals surface area contributed by atoms with Crippen LogP contribution in [0.25, 0.3) is 0 Å². The van der Waals surface area contributed by atoms with Gasteiger partial charge in [-0.1, -0.05) is 57.2 Å². The SMILES string of the molecule is CC(C)OC(=O)COC/C=C\CC1C=CC(=O)/C1=C/C(C)(C)C(O)C/C=C\C12C3CC1C1C(C)C3C12. The molecule has 6 atom stereocenters. The largest absolute Gasteiger partial charge is 0.461 e. The van der Waals surface area contributed by atoms with E-state index in [0.717, 1.165) is 41.1 Å². The summed E-state index contributed by atoms with van der Waals surface area (Å²) in [6, 6.07) is 0. The predicted molar refractivity (Wildman–Crippen MR) is 139 cm³/mol. The van der Waals surface area contributed by atoms with Crippen LogP contribution in [0.5, 0.6) is 0 Å². The topological polar surface area (TPSA) is 72.8 Å². The van der Waals surface area contributed by atoms with Gasteiger partial charge in [0.2, 0.25) is 0 Å². The van der Waals surface area contributed by atoms with Gasteiger partial charge in [-0.05, 0) is 80.1 Å². The fourth-order valence-electron chi connectivity index (χ4n) is 8.30. The van der Waals surface area contributed by atoms with E-state index in [4.69, 9.17) is 9.47 Å². The fraction of sp³-hybridized carbons (Fsp3) is 0.677. The molecule has 0 aromatic rings. The zero-order chi connectivity index (χ0) is 25.8. The minimum absolute atomic E-state index is 0.00731. The van der Waals surface area contributed by atoms with Crippen molar-refractivity contribution >= 4 is 11.8 Å². The molecule has 5 aliphatic rings. The number of hydrogen-bond acceptors (Lipinski definition) is 5. The van der Waals surface area contributed by atoms with Gasteiger partial charge in [0.05, 0.1) is 18.8 Å². The lowest BCUT2D eigenvalue weighted by Gasteiger charge is -2.93. The summed E-state index contributed by atoms with van der Waals surface area (Å²) in [4.78, 5) is 24.1. The molecule has 5 nitrogen and oxygen atoms in total. The number of esters is 1. The minimum Gasteiger partial charge on any atom is -0.461 e. The van der Waals surface area contributed by atoms with E-state index < -0.39 is 11.5 Å². The molecule has 0 aromatic heterocycles. The van der Waals surface area contributed by atoms with Crippen LogP contribution in [-0.4, -0.2) is 42.3 Å². The van der Waals surface area contributed by atoms with Crippen molar-refractivity contribution < 1.29 is 24.2 Å². The summed E-state index contributed by atoms with van der Waals surface area (Å²) in [5.41, 5.74) is 0.742. The summed E-state index contributed by atoms with van der Waals surface area (Å²) in [5, 5.41) is 11.0. The Morgan fingerprint density at radius 2 is 1.94 bits per heavy atom. The Labute approximate surface area is 215 Å². The van der Waals surface area contributed by atoms with E-state index in [1.54, 1.807) is 19.9 Å². The summed E-state index contributed by atoms with van der Waals surface area (Å²) in [6.45, 7) is 10.3. The molecule has 0 aromatic carbocycles. The molecule has 5 rings (SSSR count). The average Bonchev–Trinajstić information content (AvgIpc) is 3.15. The Morgan fingerprint density at radius 1 is 1.22 bits per heavy atom. The number of ether oxygens (including phenoxy) is 2. The van der Waals surface area contributed by atoms with Crippen molar-refractivity contribution in [3.63, 3.8) is 0 Å². The van der Waals surface area contributed by atoms with Gasteiger partial charge in [-0.2, -0.15) is 0 Å². The first-order chi connectivity index (χ1) is 17.1. The highest BCUT2D eigenvalue weighted by Gasteiger charge is 2.88. The molecule has 0 radical (unpaired) electrons. The third-order valence-corrected chi connectivity index (χ3v) is 10.0. The molecule has 6 unspecified atom stereocenters. The molecule has 0 bridgehead atoms. The highest BCUT2D eigenvalue weighted by Crippen LogP contribution is 2.93. The first kappa shape index (κ1) is 25.7. The van der Waals surface area contributed by atoms with E-state index in [0.29, 0.717) is 24.9 Å². The molecule has 0 spiro atoms. The van der Waals surface area contributed by atoms with Crippen LogP contribution in [0, 0.1) is 52.3 Å². The Bertz CT molecular complexity index is 982. The molecule has 196 valence electrons. The van der Waals surface area contributed by atoms with Crippen molar-refractivity contribution in [3.05, 3.63) is 48.1 Å². The highest BCUT2D eigenvalue weighted by atomic mass is 16.6. The van der Waals surface area contributed by atoms with Crippen LogP contribution in [0.4, 0.5) is 0 Å². The maximum absolute atomic E-state index is 12.6. The predicted octanol–water partition coefficient (Wildman–Crippen LogP) is 5.06. The van der Waals surface area contributed by atoms with Gasteiger partial charge < -0.3 is 14.6 Å².